The Kier molecular flexibility index (Phi) is 4.20. The Balaban J connectivity index is 2.31. The van der Waals surface area contributed by atoms with Crippen LogP contribution in [-0.2, 0) is 5.72 Å². The molecule has 2 aromatic rings. The second-order valence-corrected chi connectivity index (χ2v) is 9.29. The average molecular weight is 388 g/mol. The van der Waals surface area contributed by atoms with Gasteiger partial charge in [-0.15, -0.1) is 0 Å². The van der Waals surface area contributed by atoms with Crippen LogP contribution in [0.4, 0.5) is 5.69 Å². The van der Waals surface area contributed by atoms with E-state index in [-0.39, 0.29) is 33.2 Å². The summed E-state index contributed by atoms with van der Waals surface area (Å²) in [7, 11) is 0. The molecular formula is C20H24N2O6. The van der Waals surface area contributed by atoms with E-state index in [2.05, 4.69) is 0 Å². The Hall–Kier alpha value is -2.74. The van der Waals surface area contributed by atoms with Gasteiger partial charge in [-0.05, 0) is 38.7 Å². The van der Waals surface area contributed by atoms with Crippen molar-refractivity contribution in [2.45, 2.75) is 59.2 Å². The number of hydrogen-bond donors (Lipinski definition) is 1. The summed E-state index contributed by atoms with van der Waals surface area (Å²) < 4.78 is 5.27. The number of rotatable bonds is 3. The quantitative estimate of drug-likeness (QED) is 0.489. The van der Waals surface area contributed by atoms with Gasteiger partial charge < -0.3 is 14.4 Å². The lowest BCUT2D eigenvalue weighted by molar-refractivity contribution is -0.384. The molecule has 0 saturated carbocycles. The van der Waals surface area contributed by atoms with Crippen molar-refractivity contribution in [3.8, 4) is 0 Å². The zero-order valence-corrected chi connectivity index (χ0v) is 16.8. The van der Waals surface area contributed by atoms with Crippen molar-refractivity contribution in [1.29, 1.82) is 0 Å². The van der Waals surface area contributed by atoms with Gasteiger partial charge in [0.2, 0.25) is 0 Å². The largest absolute Gasteiger partial charge is 0.422 e. The van der Waals surface area contributed by atoms with E-state index in [1.54, 1.807) is 0 Å². The van der Waals surface area contributed by atoms with Crippen molar-refractivity contribution >= 4 is 22.6 Å². The smallest absolute Gasteiger partial charge is 0.345 e. The Morgan fingerprint density at radius 2 is 1.82 bits per heavy atom. The molecule has 1 amide bonds. The molecule has 0 spiro atoms. The normalized spacial score (nSPS) is 20.0. The number of nitrogens with zero attached hydrogens (tertiary/aromatic N) is 2. The van der Waals surface area contributed by atoms with Crippen LogP contribution in [0, 0.1) is 15.5 Å². The molecule has 0 fully saturated rings. The fourth-order valence-corrected chi connectivity index (χ4v) is 4.62. The lowest BCUT2D eigenvalue weighted by Crippen LogP contribution is -2.55. The molecule has 1 unspecified atom stereocenters. The van der Waals surface area contributed by atoms with Crippen LogP contribution in [0.2, 0.25) is 0 Å². The standard InChI is InChI=1S/C20H24N2O6/c1-18(2,3)10-19(4,5)21-16(23)14-12-9-11(22(26)27)7-8-13(12)28-17(24)15(14)20(21,6)25/h7-9,25H,10H2,1-6H3. The molecule has 8 nitrogen and oxygen atoms in total. The molecule has 1 aliphatic heterocycles. The molecular weight excluding hydrogens is 364 g/mol. The van der Waals surface area contributed by atoms with Crippen molar-refractivity contribution in [2.75, 3.05) is 0 Å². The molecule has 1 N–H and O–H groups in total. The number of non-ortho nitro benzene ring substituents is 1. The van der Waals surface area contributed by atoms with Crippen LogP contribution in [0.3, 0.4) is 0 Å². The first-order valence-electron chi connectivity index (χ1n) is 8.99. The maximum absolute atomic E-state index is 13.4. The van der Waals surface area contributed by atoms with Gasteiger partial charge in [0.15, 0.2) is 5.72 Å². The highest BCUT2D eigenvalue weighted by atomic mass is 16.6. The summed E-state index contributed by atoms with van der Waals surface area (Å²) in [5, 5.41) is 22.6. The summed E-state index contributed by atoms with van der Waals surface area (Å²) in [6.07, 6.45) is 0.555. The molecule has 1 aliphatic rings. The van der Waals surface area contributed by atoms with Crippen LogP contribution in [0.25, 0.3) is 11.0 Å². The summed E-state index contributed by atoms with van der Waals surface area (Å²) in [6, 6.07) is 3.70. The molecule has 1 atom stereocenters. The molecule has 0 bridgehead atoms. The number of fused-ring (bicyclic) bond motifs is 3. The lowest BCUT2D eigenvalue weighted by atomic mass is 9.80. The molecule has 3 rings (SSSR count). The number of hydrogen-bond acceptors (Lipinski definition) is 6. The topological polar surface area (TPSA) is 114 Å². The monoisotopic (exact) mass is 388 g/mol. The lowest BCUT2D eigenvalue weighted by Gasteiger charge is -2.45. The third-order valence-electron chi connectivity index (χ3n) is 4.99. The van der Waals surface area contributed by atoms with Gasteiger partial charge in [0.05, 0.1) is 10.5 Å². The fraction of sp³-hybridized carbons (Fsp3) is 0.500. The highest BCUT2D eigenvalue weighted by Gasteiger charge is 2.54. The van der Waals surface area contributed by atoms with E-state index in [0.717, 1.165) is 0 Å². The van der Waals surface area contributed by atoms with Gasteiger partial charge in [0.1, 0.15) is 11.1 Å². The third kappa shape index (κ3) is 2.97. The van der Waals surface area contributed by atoms with Gasteiger partial charge in [0, 0.05) is 23.1 Å². The van der Waals surface area contributed by atoms with Crippen LogP contribution in [0.1, 0.15) is 63.9 Å². The van der Waals surface area contributed by atoms with Gasteiger partial charge in [0.25, 0.3) is 11.6 Å². The van der Waals surface area contributed by atoms with E-state index in [1.807, 2.05) is 34.6 Å². The Morgan fingerprint density at radius 3 is 2.36 bits per heavy atom. The number of carbonyl (C=O) groups is 1. The summed E-state index contributed by atoms with van der Waals surface area (Å²) in [4.78, 5) is 37.9. The maximum Gasteiger partial charge on any atom is 0.345 e. The number of aliphatic hydroxyl groups is 1. The molecule has 2 heterocycles. The number of amides is 1. The first-order valence-corrected chi connectivity index (χ1v) is 8.99. The second-order valence-electron chi connectivity index (χ2n) is 9.29. The SMILES string of the molecule is CC(C)(C)CC(C)(C)N1C(=O)c2c(c(=O)oc3ccc([N+](=O)[O-])cc23)C1(C)O. The van der Waals surface area contributed by atoms with Crippen LogP contribution in [0.5, 0.6) is 0 Å². The molecule has 1 aromatic heterocycles. The number of carbonyl (C=O) groups excluding carboxylic acids is 1. The highest BCUT2D eigenvalue weighted by molar-refractivity contribution is 6.10. The van der Waals surface area contributed by atoms with Crippen LogP contribution < -0.4 is 5.63 Å². The molecule has 28 heavy (non-hydrogen) atoms. The zero-order valence-electron chi connectivity index (χ0n) is 16.8. The van der Waals surface area contributed by atoms with Gasteiger partial charge in [-0.3, -0.25) is 14.9 Å². The second kappa shape index (κ2) is 5.88. The molecule has 8 heteroatoms. The number of nitro groups is 1. The zero-order chi connectivity index (χ0) is 21.2. The summed E-state index contributed by atoms with van der Waals surface area (Å²) in [6.45, 7) is 11.1. The molecule has 150 valence electrons. The van der Waals surface area contributed by atoms with E-state index in [1.165, 1.54) is 30.0 Å². The Morgan fingerprint density at radius 1 is 1.21 bits per heavy atom. The Bertz CT molecular complexity index is 1060. The van der Waals surface area contributed by atoms with Crippen molar-refractivity contribution in [3.05, 3.63) is 49.9 Å². The van der Waals surface area contributed by atoms with Crippen LogP contribution in [0.15, 0.2) is 27.4 Å². The molecule has 0 saturated heterocycles. The first-order chi connectivity index (χ1) is 12.7. The van der Waals surface area contributed by atoms with Crippen molar-refractivity contribution in [2.24, 2.45) is 5.41 Å². The molecule has 0 aliphatic carbocycles. The van der Waals surface area contributed by atoms with Crippen molar-refractivity contribution < 1.29 is 19.2 Å². The van der Waals surface area contributed by atoms with Gasteiger partial charge >= 0.3 is 5.63 Å². The van der Waals surface area contributed by atoms with Crippen LogP contribution in [-0.4, -0.2) is 26.4 Å². The minimum absolute atomic E-state index is 0.0399. The predicted molar refractivity (Wildman–Crippen MR) is 103 cm³/mol. The fourth-order valence-electron chi connectivity index (χ4n) is 4.62. The minimum Gasteiger partial charge on any atom is -0.422 e. The van der Waals surface area contributed by atoms with E-state index < -0.39 is 27.7 Å². The van der Waals surface area contributed by atoms with Crippen molar-refractivity contribution in [1.82, 2.24) is 4.90 Å². The average Bonchev–Trinajstić information content (AvgIpc) is 2.71. The first kappa shape index (κ1) is 20.0. The van der Waals surface area contributed by atoms with E-state index >= 15 is 0 Å². The van der Waals surface area contributed by atoms with Gasteiger partial charge in [-0.2, -0.15) is 0 Å². The van der Waals surface area contributed by atoms with Crippen molar-refractivity contribution in [3.63, 3.8) is 0 Å². The Labute approximate surface area is 161 Å². The molecule has 1 aromatic carbocycles. The van der Waals surface area contributed by atoms with Gasteiger partial charge in [-0.25, -0.2) is 4.79 Å². The third-order valence-corrected chi connectivity index (χ3v) is 4.99. The summed E-state index contributed by atoms with van der Waals surface area (Å²) in [5.41, 5.74) is -4.08. The van der Waals surface area contributed by atoms with Crippen LogP contribution >= 0.6 is 0 Å². The summed E-state index contributed by atoms with van der Waals surface area (Å²) >= 11 is 0. The highest BCUT2D eigenvalue weighted by Crippen LogP contribution is 2.45. The van der Waals surface area contributed by atoms with E-state index in [0.29, 0.717) is 6.42 Å². The van der Waals surface area contributed by atoms with Gasteiger partial charge in [-0.1, -0.05) is 20.8 Å². The number of benzene rings is 1. The number of nitro benzene ring substituents is 1. The maximum atomic E-state index is 13.4. The predicted octanol–water partition coefficient (Wildman–Crippen LogP) is 3.54. The van der Waals surface area contributed by atoms with E-state index in [4.69, 9.17) is 4.42 Å². The summed E-state index contributed by atoms with van der Waals surface area (Å²) in [5.74, 6) is -0.548. The molecule has 0 radical (unpaired) electrons. The van der Waals surface area contributed by atoms with E-state index in [9.17, 15) is 24.8 Å². The minimum atomic E-state index is -1.90.